The molecule has 0 saturated heterocycles. The quantitative estimate of drug-likeness (QED) is 0.359. The molecule has 148 valence electrons. The van der Waals surface area contributed by atoms with Gasteiger partial charge in [-0.05, 0) is 61.1 Å². The predicted octanol–water partition coefficient (Wildman–Crippen LogP) is 7.48. The van der Waals surface area contributed by atoms with Crippen LogP contribution >= 0.6 is 15.9 Å². The molecule has 0 aliphatic heterocycles. The summed E-state index contributed by atoms with van der Waals surface area (Å²) in [6.45, 7) is 9.63. The van der Waals surface area contributed by atoms with Crippen molar-refractivity contribution >= 4 is 15.9 Å². The highest BCUT2D eigenvalue weighted by molar-refractivity contribution is 9.10. The summed E-state index contributed by atoms with van der Waals surface area (Å²) in [6, 6.07) is 7.36. The molecule has 0 fully saturated rings. The average Bonchev–Trinajstić information content (AvgIpc) is 2.65. The molecule has 0 aromatic heterocycles. The van der Waals surface area contributed by atoms with Crippen LogP contribution in [0, 0.1) is 12.7 Å². The van der Waals surface area contributed by atoms with Crippen LogP contribution in [-0.4, -0.2) is 13.2 Å². The summed E-state index contributed by atoms with van der Waals surface area (Å²) >= 11 is 3.60. The van der Waals surface area contributed by atoms with E-state index in [-0.39, 0.29) is 5.82 Å². The van der Waals surface area contributed by atoms with Gasteiger partial charge in [-0.3, -0.25) is 0 Å². The average molecular weight is 437 g/mol. The van der Waals surface area contributed by atoms with Crippen molar-refractivity contribution in [1.29, 1.82) is 0 Å². The van der Waals surface area contributed by atoms with E-state index < -0.39 is 0 Å². The third kappa shape index (κ3) is 5.71. The molecule has 2 nitrogen and oxygen atoms in total. The molecule has 0 N–H and O–H groups in total. The monoisotopic (exact) mass is 436 g/mol. The molecule has 0 heterocycles. The second kappa shape index (κ2) is 10.7. The lowest BCUT2D eigenvalue weighted by Gasteiger charge is -2.16. The second-order valence-corrected chi connectivity index (χ2v) is 7.65. The first-order valence-electron chi connectivity index (χ1n) is 9.90. The van der Waals surface area contributed by atoms with Gasteiger partial charge in [-0.2, -0.15) is 0 Å². The molecule has 0 radical (unpaired) electrons. The van der Waals surface area contributed by atoms with Crippen LogP contribution in [0.3, 0.4) is 0 Å². The van der Waals surface area contributed by atoms with Crippen LogP contribution in [0.5, 0.6) is 11.5 Å². The third-order valence-corrected chi connectivity index (χ3v) is 5.25. The minimum absolute atomic E-state index is 0.265. The normalized spacial score (nSPS) is 10.9. The maximum absolute atomic E-state index is 14.9. The van der Waals surface area contributed by atoms with Crippen LogP contribution in [0.25, 0.3) is 11.1 Å². The van der Waals surface area contributed by atoms with Gasteiger partial charge >= 0.3 is 0 Å². The summed E-state index contributed by atoms with van der Waals surface area (Å²) in [4.78, 5) is 0. The highest BCUT2D eigenvalue weighted by Crippen LogP contribution is 2.38. The molecular formula is C23H30BrFO2. The Labute approximate surface area is 171 Å². The number of hydrogen-bond acceptors (Lipinski definition) is 2. The van der Waals surface area contributed by atoms with Crippen molar-refractivity contribution in [3.05, 3.63) is 45.7 Å². The number of unbranched alkanes of at least 4 members (excludes halogenated alkanes) is 2. The van der Waals surface area contributed by atoms with Gasteiger partial charge in [0.05, 0.1) is 13.2 Å². The van der Waals surface area contributed by atoms with E-state index in [0.29, 0.717) is 24.5 Å². The van der Waals surface area contributed by atoms with Gasteiger partial charge in [-0.25, -0.2) is 4.39 Å². The van der Waals surface area contributed by atoms with Crippen LogP contribution in [0.15, 0.2) is 28.7 Å². The van der Waals surface area contributed by atoms with Crippen molar-refractivity contribution < 1.29 is 13.9 Å². The topological polar surface area (TPSA) is 18.5 Å². The lowest BCUT2D eigenvalue weighted by atomic mass is 9.98. The largest absolute Gasteiger partial charge is 0.493 e. The zero-order valence-corrected chi connectivity index (χ0v) is 18.4. The summed E-state index contributed by atoms with van der Waals surface area (Å²) < 4.78 is 27.4. The summed E-state index contributed by atoms with van der Waals surface area (Å²) in [5.74, 6) is 1.23. The van der Waals surface area contributed by atoms with Gasteiger partial charge in [0.2, 0.25) is 0 Å². The first-order chi connectivity index (χ1) is 13.0. The first-order valence-corrected chi connectivity index (χ1v) is 10.7. The second-order valence-electron chi connectivity index (χ2n) is 6.79. The molecule has 27 heavy (non-hydrogen) atoms. The minimum Gasteiger partial charge on any atom is -0.493 e. The molecule has 0 bridgehead atoms. The zero-order valence-electron chi connectivity index (χ0n) is 16.8. The van der Waals surface area contributed by atoms with Gasteiger partial charge in [-0.1, -0.05) is 49.5 Å². The lowest BCUT2D eigenvalue weighted by molar-refractivity contribution is 0.305. The Hall–Kier alpha value is -1.55. The molecule has 4 heteroatoms. The van der Waals surface area contributed by atoms with E-state index >= 15 is 0 Å². The SMILES string of the molecule is CCCCOc1cc(Br)c(-c2cc(CC)c(OCCCC)cc2F)cc1C. The van der Waals surface area contributed by atoms with Crippen molar-refractivity contribution in [2.24, 2.45) is 0 Å². The van der Waals surface area contributed by atoms with E-state index in [1.807, 2.05) is 25.1 Å². The van der Waals surface area contributed by atoms with E-state index in [4.69, 9.17) is 9.47 Å². The van der Waals surface area contributed by atoms with Gasteiger partial charge in [0.15, 0.2) is 0 Å². The fraction of sp³-hybridized carbons (Fsp3) is 0.478. The van der Waals surface area contributed by atoms with Gasteiger partial charge in [-0.15, -0.1) is 0 Å². The Morgan fingerprint density at radius 3 is 2.07 bits per heavy atom. The smallest absolute Gasteiger partial charge is 0.134 e. The van der Waals surface area contributed by atoms with Crippen molar-refractivity contribution in [2.75, 3.05) is 13.2 Å². The summed E-state index contributed by atoms with van der Waals surface area (Å²) in [5.41, 5.74) is 3.45. The van der Waals surface area contributed by atoms with Crippen molar-refractivity contribution in [3.63, 3.8) is 0 Å². The number of aryl methyl sites for hydroxylation is 2. The Bertz CT molecular complexity index is 759. The highest BCUT2D eigenvalue weighted by Gasteiger charge is 2.16. The molecule has 2 aromatic carbocycles. The van der Waals surface area contributed by atoms with Crippen LogP contribution < -0.4 is 9.47 Å². The fourth-order valence-corrected chi connectivity index (χ4v) is 3.43. The van der Waals surface area contributed by atoms with E-state index in [1.165, 1.54) is 6.07 Å². The Balaban J connectivity index is 2.35. The number of hydrogen-bond donors (Lipinski definition) is 0. The van der Waals surface area contributed by atoms with Crippen LogP contribution in [0.1, 0.15) is 57.6 Å². The standard InChI is InChI=1S/C23H30BrFO2/c1-5-8-10-26-22-14-20(24)18(12-16(22)4)19-13-17(7-3)23(15-21(19)25)27-11-9-6-2/h12-15H,5-11H2,1-4H3. The van der Waals surface area contributed by atoms with Crippen LogP contribution in [0.2, 0.25) is 0 Å². The number of rotatable bonds is 10. The molecule has 0 aliphatic rings. The van der Waals surface area contributed by atoms with Gasteiger partial charge in [0.25, 0.3) is 0 Å². The fourth-order valence-electron chi connectivity index (χ4n) is 2.90. The molecule has 0 unspecified atom stereocenters. The van der Waals surface area contributed by atoms with E-state index in [0.717, 1.165) is 59.0 Å². The molecule has 0 spiro atoms. The minimum atomic E-state index is -0.265. The maximum Gasteiger partial charge on any atom is 0.134 e. The zero-order chi connectivity index (χ0) is 19.8. The summed E-state index contributed by atoms with van der Waals surface area (Å²) in [5, 5.41) is 0. The van der Waals surface area contributed by atoms with Crippen LogP contribution in [-0.2, 0) is 6.42 Å². The molecule has 2 rings (SSSR count). The Morgan fingerprint density at radius 2 is 1.48 bits per heavy atom. The maximum atomic E-state index is 14.9. The number of benzene rings is 2. The first kappa shape index (κ1) is 21.7. The molecular weight excluding hydrogens is 407 g/mol. The highest BCUT2D eigenvalue weighted by atomic mass is 79.9. The molecule has 2 aromatic rings. The van der Waals surface area contributed by atoms with Gasteiger partial charge < -0.3 is 9.47 Å². The van der Waals surface area contributed by atoms with E-state index in [9.17, 15) is 4.39 Å². The van der Waals surface area contributed by atoms with Crippen molar-refractivity contribution in [2.45, 2.75) is 59.8 Å². The van der Waals surface area contributed by atoms with Gasteiger partial charge in [0, 0.05) is 16.1 Å². The van der Waals surface area contributed by atoms with Gasteiger partial charge in [0.1, 0.15) is 17.3 Å². The Kier molecular flexibility index (Phi) is 8.62. The summed E-state index contributed by atoms with van der Waals surface area (Å²) in [6.07, 6.45) is 4.93. The Morgan fingerprint density at radius 1 is 0.852 bits per heavy atom. The number of halogens is 2. The van der Waals surface area contributed by atoms with E-state index in [1.54, 1.807) is 0 Å². The molecule has 0 atom stereocenters. The molecule has 0 aliphatic carbocycles. The van der Waals surface area contributed by atoms with Crippen molar-refractivity contribution in [1.82, 2.24) is 0 Å². The number of ether oxygens (including phenoxy) is 2. The van der Waals surface area contributed by atoms with E-state index in [2.05, 4.69) is 36.7 Å². The summed E-state index contributed by atoms with van der Waals surface area (Å²) in [7, 11) is 0. The third-order valence-electron chi connectivity index (χ3n) is 4.60. The predicted molar refractivity (Wildman–Crippen MR) is 114 cm³/mol. The molecule has 0 amide bonds. The lowest BCUT2D eigenvalue weighted by Crippen LogP contribution is -2.02. The van der Waals surface area contributed by atoms with Crippen molar-refractivity contribution in [3.8, 4) is 22.6 Å². The van der Waals surface area contributed by atoms with Crippen LogP contribution in [0.4, 0.5) is 4.39 Å². The molecule has 0 saturated carbocycles.